The molecule has 0 bridgehead atoms. The maximum atomic E-state index is 12.4. The molecule has 0 saturated carbocycles. The van der Waals surface area contributed by atoms with Gasteiger partial charge in [0.1, 0.15) is 0 Å². The zero-order chi connectivity index (χ0) is 19.1. The Labute approximate surface area is 162 Å². The van der Waals surface area contributed by atoms with Gasteiger partial charge in [-0.1, -0.05) is 31.2 Å². The third-order valence-electron chi connectivity index (χ3n) is 4.21. The Bertz CT molecular complexity index is 762. The summed E-state index contributed by atoms with van der Waals surface area (Å²) in [5.74, 6) is -0.322. The van der Waals surface area contributed by atoms with Crippen LogP contribution < -0.4 is 10.6 Å². The van der Waals surface area contributed by atoms with E-state index in [9.17, 15) is 9.59 Å². The monoisotopic (exact) mass is 417 g/mol. The van der Waals surface area contributed by atoms with Crippen LogP contribution in [0.4, 0.5) is 11.4 Å². The first-order chi connectivity index (χ1) is 12.4. The van der Waals surface area contributed by atoms with Crippen molar-refractivity contribution in [1.82, 2.24) is 4.90 Å². The molecule has 26 heavy (non-hydrogen) atoms. The van der Waals surface area contributed by atoms with Crippen molar-refractivity contribution < 1.29 is 9.59 Å². The van der Waals surface area contributed by atoms with E-state index in [2.05, 4.69) is 33.5 Å². The van der Waals surface area contributed by atoms with Gasteiger partial charge in [-0.25, -0.2) is 0 Å². The first-order valence-corrected chi connectivity index (χ1v) is 9.34. The standard InChI is InChI=1S/C20H24BrN3O2/c1-4-15-9-11-16(12-10-15)22-20(26)14(2)24(3)13-19(25)23-18-8-6-5-7-17(18)21/h5-12,14H,4,13H2,1-3H3,(H,22,26)(H,23,25)/t14-/m0/s1. The van der Waals surface area contributed by atoms with Crippen LogP contribution in [0.2, 0.25) is 0 Å². The summed E-state index contributed by atoms with van der Waals surface area (Å²) in [4.78, 5) is 26.3. The van der Waals surface area contributed by atoms with Gasteiger partial charge < -0.3 is 10.6 Å². The van der Waals surface area contributed by atoms with Gasteiger partial charge in [0.25, 0.3) is 0 Å². The van der Waals surface area contributed by atoms with Crippen molar-refractivity contribution in [1.29, 1.82) is 0 Å². The van der Waals surface area contributed by atoms with Crippen molar-refractivity contribution in [3.05, 3.63) is 58.6 Å². The zero-order valence-electron chi connectivity index (χ0n) is 15.3. The van der Waals surface area contributed by atoms with E-state index < -0.39 is 6.04 Å². The van der Waals surface area contributed by atoms with Gasteiger partial charge in [0.15, 0.2) is 0 Å². The van der Waals surface area contributed by atoms with Crippen molar-refractivity contribution in [3.8, 4) is 0 Å². The molecular formula is C20H24BrN3O2. The number of likely N-dealkylation sites (N-methyl/N-ethyl adjacent to an activating group) is 1. The van der Waals surface area contributed by atoms with Crippen LogP contribution in [0.5, 0.6) is 0 Å². The number of rotatable bonds is 7. The number of nitrogens with zero attached hydrogens (tertiary/aromatic N) is 1. The van der Waals surface area contributed by atoms with E-state index in [-0.39, 0.29) is 18.4 Å². The van der Waals surface area contributed by atoms with Gasteiger partial charge in [-0.05, 0) is 66.2 Å². The molecule has 0 heterocycles. The quantitative estimate of drug-likeness (QED) is 0.717. The molecule has 2 amide bonds. The molecule has 0 aliphatic carbocycles. The van der Waals surface area contributed by atoms with Crippen molar-refractivity contribution in [2.24, 2.45) is 0 Å². The molecule has 0 unspecified atom stereocenters. The fourth-order valence-corrected chi connectivity index (χ4v) is 2.77. The van der Waals surface area contributed by atoms with E-state index in [0.717, 1.165) is 16.6 Å². The summed E-state index contributed by atoms with van der Waals surface area (Å²) in [6, 6.07) is 14.7. The van der Waals surface area contributed by atoms with Crippen LogP contribution in [-0.4, -0.2) is 36.3 Å². The molecule has 0 fully saturated rings. The number of carbonyl (C=O) groups excluding carboxylic acids is 2. The second kappa shape index (κ2) is 9.50. The maximum absolute atomic E-state index is 12.4. The molecule has 1 atom stereocenters. The molecule has 0 aliphatic rings. The van der Waals surface area contributed by atoms with Gasteiger partial charge in [-0.15, -0.1) is 0 Å². The van der Waals surface area contributed by atoms with Gasteiger partial charge in [0.2, 0.25) is 11.8 Å². The summed E-state index contributed by atoms with van der Waals surface area (Å²) in [5.41, 5.74) is 2.68. The Kier molecular flexibility index (Phi) is 7.36. The van der Waals surface area contributed by atoms with Gasteiger partial charge in [-0.2, -0.15) is 0 Å². The first kappa shape index (κ1) is 20.1. The lowest BCUT2D eigenvalue weighted by atomic mass is 10.1. The lowest BCUT2D eigenvalue weighted by Crippen LogP contribution is -2.43. The topological polar surface area (TPSA) is 61.4 Å². The fourth-order valence-electron chi connectivity index (χ4n) is 2.39. The Morgan fingerprint density at radius 1 is 1.08 bits per heavy atom. The largest absolute Gasteiger partial charge is 0.325 e. The normalized spacial score (nSPS) is 11.9. The van der Waals surface area contributed by atoms with Crippen LogP contribution in [-0.2, 0) is 16.0 Å². The molecule has 0 aliphatic heterocycles. The summed E-state index contributed by atoms with van der Waals surface area (Å²) in [5, 5.41) is 5.72. The number of carbonyl (C=O) groups is 2. The van der Waals surface area contributed by atoms with Crippen molar-refractivity contribution in [2.45, 2.75) is 26.3 Å². The average molecular weight is 418 g/mol. The van der Waals surface area contributed by atoms with E-state index in [0.29, 0.717) is 5.69 Å². The fraction of sp³-hybridized carbons (Fsp3) is 0.300. The number of nitrogens with one attached hydrogen (secondary N) is 2. The van der Waals surface area contributed by atoms with Crippen LogP contribution in [0.15, 0.2) is 53.0 Å². The molecule has 0 spiro atoms. The molecule has 0 radical (unpaired) electrons. The maximum Gasteiger partial charge on any atom is 0.241 e. The molecule has 0 saturated heterocycles. The number of hydrogen-bond acceptors (Lipinski definition) is 3. The summed E-state index contributed by atoms with van der Waals surface area (Å²) in [6.45, 7) is 3.98. The van der Waals surface area contributed by atoms with E-state index in [1.807, 2.05) is 48.5 Å². The van der Waals surface area contributed by atoms with Crippen molar-refractivity contribution >= 4 is 39.1 Å². The predicted molar refractivity (Wildman–Crippen MR) is 109 cm³/mol. The molecule has 2 aromatic rings. The Balaban J connectivity index is 1.88. The lowest BCUT2D eigenvalue weighted by molar-refractivity contribution is -0.122. The number of halogens is 1. The second-order valence-corrected chi connectivity index (χ2v) is 7.01. The van der Waals surface area contributed by atoms with E-state index in [4.69, 9.17) is 0 Å². The molecule has 0 aromatic heterocycles. The molecule has 2 aromatic carbocycles. The van der Waals surface area contributed by atoms with Crippen molar-refractivity contribution in [2.75, 3.05) is 24.2 Å². The van der Waals surface area contributed by atoms with Crippen LogP contribution in [0.1, 0.15) is 19.4 Å². The van der Waals surface area contributed by atoms with E-state index in [1.54, 1.807) is 18.9 Å². The highest BCUT2D eigenvalue weighted by atomic mass is 79.9. The number of anilines is 2. The number of benzene rings is 2. The Morgan fingerprint density at radius 2 is 1.73 bits per heavy atom. The number of aryl methyl sites for hydroxylation is 1. The predicted octanol–water partition coefficient (Wildman–Crippen LogP) is 3.91. The Hall–Kier alpha value is -2.18. The van der Waals surface area contributed by atoms with Gasteiger partial charge in [0.05, 0.1) is 18.3 Å². The Morgan fingerprint density at radius 3 is 2.35 bits per heavy atom. The minimum atomic E-state index is -0.439. The summed E-state index contributed by atoms with van der Waals surface area (Å²) >= 11 is 3.40. The molecule has 138 valence electrons. The molecular weight excluding hydrogens is 394 g/mol. The number of para-hydroxylation sites is 1. The smallest absolute Gasteiger partial charge is 0.241 e. The highest BCUT2D eigenvalue weighted by Crippen LogP contribution is 2.21. The second-order valence-electron chi connectivity index (χ2n) is 6.16. The summed E-state index contributed by atoms with van der Waals surface area (Å²) in [7, 11) is 1.75. The van der Waals surface area contributed by atoms with Crippen LogP contribution in [0, 0.1) is 0 Å². The average Bonchev–Trinajstić information content (AvgIpc) is 2.63. The van der Waals surface area contributed by atoms with Gasteiger partial charge in [0, 0.05) is 10.2 Å². The lowest BCUT2D eigenvalue weighted by Gasteiger charge is -2.23. The summed E-state index contributed by atoms with van der Waals surface area (Å²) < 4.78 is 0.817. The van der Waals surface area contributed by atoms with Crippen molar-refractivity contribution in [3.63, 3.8) is 0 Å². The molecule has 6 heteroatoms. The number of amides is 2. The van der Waals surface area contributed by atoms with Gasteiger partial charge >= 0.3 is 0 Å². The molecule has 2 rings (SSSR count). The SMILES string of the molecule is CCc1ccc(NC(=O)[C@H](C)N(C)CC(=O)Nc2ccccc2Br)cc1. The minimum Gasteiger partial charge on any atom is -0.325 e. The first-order valence-electron chi connectivity index (χ1n) is 8.55. The summed E-state index contributed by atoms with van der Waals surface area (Å²) in [6.07, 6.45) is 0.958. The zero-order valence-corrected chi connectivity index (χ0v) is 16.8. The number of hydrogen-bond donors (Lipinski definition) is 2. The van der Waals surface area contributed by atoms with Gasteiger partial charge in [-0.3, -0.25) is 14.5 Å². The van der Waals surface area contributed by atoms with Crippen LogP contribution in [0.3, 0.4) is 0 Å². The third kappa shape index (κ3) is 5.68. The highest BCUT2D eigenvalue weighted by molar-refractivity contribution is 9.10. The third-order valence-corrected chi connectivity index (χ3v) is 4.90. The van der Waals surface area contributed by atoms with E-state index >= 15 is 0 Å². The molecule has 5 nitrogen and oxygen atoms in total. The highest BCUT2D eigenvalue weighted by Gasteiger charge is 2.20. The minimum absolute atomic E-state index is 0.116. The van der Waals surface area contributed by atoms with Crippen LogP contribution >= 0.6 is 15.9 Å². The van der Waals surface area contributed by atoms with E-state index in [1.165, 1.54) is 5.56 Å². The molecule has 2 N–H and O–H groups in total. The van der Waals surface area contributed by atoms with Crippen LogP contribution in [0.25, 0.3) is 0 Å².